The lowest BCUT2D eigenvalue weighted by atomic mass is 9.55. The molecule has 1 aliphatic carbocycles. The van der Waals surface area contributed by atoms with Crippen molar-refractivity contribution in [2.45, 2.75) is 84.1 Å². The van der Waals surface area contributed by atoms with Gasteiger partial charge in [-0.15, -0.1) is 22.7 Å². The van der Waals surface area contributed by atoms with Crippen LogP contribution in [0.1, 0.15) is 66.5 Å². The zero-order valence-corrected chi connectivity index (χ0v) is 52.1. The number of nitrogens with zero attached hydrogens (tertiary/aromatic N) is 14. The van der Waals surface area contributed by atoms with Crippen LogP contribution in [0.5, 0.6) is 23.0 Å². The highest BCUT2D eigenvalue weighted by Gasteiger charge is 2.54. The Kier molecular flexibility index (Phi) is 14.6. The van der Waals surface area contributed by atoms with Gasteiger partial charge in [-0.05, 0) is 148 Å². The van der Waals surface area contributed by atoms with Crippen LogP contribution in [0.4, 0.5) is 23.0 Å². The number of halogens is 1. The largest absolute Gasteiger partial charge is 0.455 e. The van der Waals surface area contributed by atoms with Gasteiger partial charge in [-0.25, -0.2) is 38.9 Å². The van der Waals surface area contributed by atoms with E-state index in [1.165, 1.54) is 36.6 Å². The smallest absolute Gasteiger partial charge is 0.246 e. The van der Waals surface area contributed by atoms with Gasteiger partial charge in [0.1, 0.15) is 69.6 Å². The number of carbonyl (C=O) groups is 2. The summed E-state index contributed by atoms with van der Waals surface area (Å²) < 4.78 is 22.6. The van der Waals surface area contributed by atoms with Crippen molar-refractivity contribution >= 4 is 101 Å². The molecule has 0 radical (unpaired) electrons. The Hall–Kier alpha value is -8.45. The molecule has 2 amide bonds. The third kappa shape index (κ3) is 11.7. The first-order valence-corrected chi connectivity index (χ1v) is 32.1. The molecule has 24 heteroatoms. The molecule has 21 nitrogen and oxygen atoms in total. The van der Waals surface area contributed by atoms with Crippen LogP contribution in [0, 0.1) is 18.3 Å². The van der Waals surface area contributed by atoms with Gasteiger partial charge in [0.25, 0.3) is 0 Å². The minimum Gasteiger partial charge on any atom is -0.455 e. The van der Waals surface area contributed by atoms with Crippen molar-refractivity contribution in [3.63, 3.8) is 0 Å². The third-order valence-corrected chi connectivity index (χ3v) is 20.2. The quantitative estimate of drug-likeness (QED) is 0.0861. The first-order chi connectivity index (χ1) is 43.1. The standard InChI is InChI=1S/C65H65ClN16O5S2/c1-40-23-42(9-13-49(40)85-44-11-15-53-67-38-73-81(53)28-44)75-59-57-46-17-22-80(31-51(46)88-61(57)71-36-69-59)56(84)8-6-20-78-33-63(2,3)87-64(4,34-78)32-65-25-41(26-65)27-77(35-65)19-5-7-55(83)79-21-18-47-52(30-79)89-62-58(47)60(70-37-72-62)76-43-10-14-50(48(66)24-43)86-45-12-16-54-68-39-74-82(54)29-45/h5-16,23-24,28-29,36-39,41H,17-22,25-27,30-35H2,1-4H3,(H,69,71,75)(H,70,72,76)/b7-5+,8-6+. The summed E-state index contributed by atoms with van der Waals surface area (Å²) in [4.78, 5) is 67.6. The van der Waals surface area contributed by atoms with Gasteiger partial charge in [0.2, 0.25) is 11.8 Å². The number of nitrogens with one attached hydrogen (secondary N) is 2. The molecule has 8 aromatic heterocycles. The molecule has 6 aliphatic rings. The van der Waals surface area contributed by atoms with E-state index in [4.69, 9.17) is 30.8 Å². The topological polar surface area (TPSA) is 211 Å². The maximum atomic E-state index is 13.9. The van der Waals surface area contributed by atoms with E-state index in [1.54, 1.807) is 62.7 Å². The molecule has 4 fully saturated rings. The highest BCUT2D eigenvalue weighted by atomic mass is 35.5. The maximum absolute atomic E-state index is 13.9. The van der Waals surface area contributed by atoms with Gasteiger partial charge in [-0.3, -0.25) is 19.4 Å². The van der Waals surface area contributed by atoms with Crippen LogP contribution in [-0.4, -0.2) is 144 Å². The number of anilines is 4. The minimum absolute atomic E-state index is 0.0152. The molecule has 1 saturated carbocycles. The number of benzene rings is 2. The highest BCUT2D eigenvalue weighted by Crippen LogP contribution is 2.56. The monoisotopic (exact) mass is 1250 g/mol. The second-order valence-electron chi connectivity index (χ2n) is 25.2. The van der Waals surface area contributed by atoms with Gasteiger partial charge < -0.3 is 34.6 Å². The number of morpholine rings is 1. The number of pyridine rings is 2. The average molecular weight is 1250 g/mol. The van der Waals surface area contributed by atoms with Crippen LogP contribution >= 0.6 is 34.3 Å². The number of carbonyl (C=O) groups excluding carboxylic acids is 2. The van der Waals surface area contributed by atoms with Crippen molar-refractivity contribution in [1.29, 1.82) is 0 Å². The van der Waals surface area contributed by atoms with E-state index in [0.29, 0.717) is 79.6 Å². The molecule has 5 aliphatic heterocycles. The van der Waals surface area contributed by atoms with Gasteiger partial charge in [0, 0.05) is 85.6 Å². The zero-order valence-electron chi connectivity index (χ0n) is 49.7. The highest BCUT2D eigenvalue weighted by molar-refractivity contribution is 7.19. The van der Waals surface area contributed by atoms with E-state index in [0.717, 1.165) is 109 Å². The summed E-state index contributed by atoms with van der Waals surface area (Å²) in [7, 11) is 0. The van der Waals surface area contributed by atoms with Crippen molar-refractivity contribution in [3.8, 4) is 23.0 Å². The molecule has 2 bridgehead atoms. The van der Waals surface area contributed by atoms with Crippen LogP contribution in [0.25, 0.3) is 31.7 Å². The lowest BCUT2D eigenvalue weighted by molar-refractivity contribution is -0.216. The van der Waals surface area contributed by atoms with Crippen LogP contribution in [0.15, 0.2) is 123 Å². The predicted octanol–water partition coefficient (Wildman–Crippen LogP) is 11.4. The van der Waals surface area contributed by atoms with Crippen molar-refractivity contribution < 1.29 is 23.8 Å². The molecule has 0 spiro atoms. The van der Waals surface area contributed by atoms with E-state index < -0.39 is 0 Å². The molecule has 2 N–H and O–H groups in total. The Bertz CT molecular complexity index is 4480. The van der Waals surface area contributed by atoms with Gasteiger partial charge >= 0.3 is 0 Å². The Morgan fingerprint density at radius 2 is 1.24 bits per heavy atom. The van der Waals surface area contributed by atoms with Gasteiger partial charge in [0.15, 0.2) is 11.3 Å². The molecule has 2 aromatic carbocycles. The molecule has 13 heterocycles. The Balaban J connectivity index is 0.531. The average Bonchev–Trinajstić information content (AvgIpc) is 1.36. The van der Waals surface area contributed by atoms with Crippen LogP contribution in [-0.2, 0) is 40.3 Å². The summed E-state index contributed by atoms with van der Waals surface area (Å²) in [5.74, 6) is 4.61. The Morgan fingerprint density at radius 3 is 1.82 bits per heavy atom. The molecule has 89 heavy (non-hydrogen) atoms. The van der Waals surface area contributed by atoms with E-state index in [2.05, 4.69) is 82.4 Å². The first-order valence-electron chi connectivity index (χ1n) is 30.1. The zero-order chi connectivity index (χ0) is 60.6. The summed E-state index contributed by atoms with van der Waals surface area (Å²) in [6.07, 6.45) is 22.1. The second kappa shape index (κ2) is 22.9. The van der Waals surface area contributed by atoms with Crippen LogP contribution < -0.4 is 20.1 Å². The molecule has 454 valence electrons. The molecular weight excluding hydrogens is 1180 g/mol. The summed E-state index contributed by atoms with van der Waals surface area (Å²) >= 11 is 9.98. The number of aryl methyl sites for hydroxylation is 1. The summed E-state index contributed by atoms with van der Waals surface area (Å²) in [5, 5.41) is 17.8. The maximum Gasteiger partial charge on any atom is 0.246 e. The molecule has 1 unspecified atom stereocenters. The second-order valence-corrected chi connectivity index (χ2v) is 27.8. The van der Waals surface area contributed by atoms with Crippen LogP contribution in [0.3, 0.4) is 0 Å². The molecule has 16 rings (SSSR count). The molecule has 1 atom stereocenters. The number of aromatic nitrogens is 10. The van der Waals surface area contributed by atoms with E-state index >= 15 is 0 Å². The van der Waals surface area contributed by atoms with Crippen molar-refractivity contribution in [2.75, 3.05) is 63.0 Å². The Morgan fingerprint density at radius 1 is 0.674 bits per heavy atom. The number of fused-ring (bicyclic) bond motifs is 10. The predicted molar refractivity (Wildman–Crippen MR) is 343 cm³/mol. The molecular formula is C65H65ClN16O5S2. The first kappa shape index (κ1) is 57.0. The number of piperidine rings is 2. The normalized spacial score (nSPS) is 21.0. The third-order valence-electron chi connectivity index (χ3n) is 17.7. The van der Waals surface area contributed by atoms with E-state index in [1.807, 2.05) is 89.7 Å². The number of rotatable bonds is 16. The Labute approximate surface area is 526 Å². The van der Waals surface area contributed by atoms with Gasteiger partial charge in [-0.1, -0.05) is 23.8 Å². The fourth-order valence-corrected chi connectivity index (χ4v) is 17.1. The van der Waals surface area contributed by atoms with Crippen molar-refractivity contribution in [3.05, 3.63) is 154 Å². The van der Waals surface area contributed by atoms with Gasteiger partial charge in [0.05, 0.1) is 52.5 Å². The lowest BCUT2D eigenvalue weighted by Gasteiger charge is -2.60. The number of amides is 2. The summed E-state index contributed by atoms with van der Waals surface area (Å²) in [5.41, 5.74) is 5.88. The van der Waals surface area contributed by atoms with Crippen molar-refractivity contribution in [1.82, 2.24) is 68.7 Å². The molecule has 3 saturated heterocycles. The van der Waals surface area contributed by atoms with Gasteiger partial charge in [-0.2, -0.15) is 10.2 Å². The van der Waals surface area contributed by atoms with Crippen molar-refractivity contribution in [2.24, 2.45) is 11.3 Å². The summed E-state index contributed by atoms with van der Waals surface area (Å²) in [6, 6.07) is 18.9. The summed E-state index contributed by atoms with van der Waals surface area (Å²) in [6.45, 7) is 15.9. The lowest BCUT2D eigenvalue weighted by Crippen LogP contribution is -2.64. The number of hydrogen-bond donors (Lipinski definition) is 2. The fraction of sp³-hybridized carbons (Fsp3) is 0.354. The van der Waals surface area contributed by atoms with Crippen LogP contribution in [0.2, 0.25) is 5.02 Å². The number of thiophene rings is 2. The van der Waals surface area contributed by atoms with E-state index in [9.17, 15) is 9.59 Å². The van der Waals surface area contributed by atoms with E-state index in [-0.39, 0.29) is 28.4 Å². The number of ether oxygens (including phenoxy) is 3. The minimum atomic E-state index is -0.361. The molecule has 10 aromatic rings. The number of hydrogen-bond acceptors (Lipinski definition) is 19. The SMILES string of the molecule is Cc1cc(Nc2ncnc3sc4c(c23)CCN(C(=O)/C=C/CN2CC(C)(C)OC(C)(CC35CC(CN(C/C=C/C(=O)N6CCc7c(sc8ncnc(Nc9ccc(Oc%10ccc%11ncnn%11c%10)c(Cl)c9)c78)C6)C3)C5)C2)C4)ccc1Oc1ccc2ncnn2c1. The fourth-order valence-electron chi connectivity index (χ4n) is 14.5.